The van der Waals surface area contributed by atoms with Crippen molar-refractivity contribution in [2.24, 2.45) is 5.41 Å². The van der Waals surface area contributed by atoms with E-state index in [1.54, 1.807) is 18.0 Å². The van der Waals surface area contributed by atoms with Gasteiger partial charge in [-0.1, -0.05) is 13.8 Å². The largest absolute Gasteiger partial charge is 0.493 e. The molecule has 2 rings (SSSR count). The molecule has 16 heavy (non-hydrogen) atoms. The van der Waals surface area contributed by atoms with Crippen LogP contribution in [0.5, 0.6) is 5.75 Å². The van der Waals surface area contributed by atoms with E-state index in [0.29, 0.717) is 11.4 Å². The lowest BCUT2D eigenvalue weighted by molar-refractivity contribution is 0.0897. The molecular weight excluding hydrogens is 204 g/mol. The van der Waals surface area contributed by atoms with Gasteiger partial charge in [-0.15, -0.1) is 0 Å². The molecule has 0 atom stereocenters. The number of hydrogen-bond acceptors (Lipinski definition) is 3. The molecule has 0 aromatic carbocycles. The van der Waals surface area contributed by atoms with Crippen LogP contribution in [0.4, 0.5) is 0 Å². The third kappa shape index (κ3) is 1.72. The van der Waals surface area contributed by atoms with Crippen molar-refractivity contribution in [2.75, 3.05) is 7.11 Å². The highest BCUT2D eigenvalue weighted by Gasteiger charge is 2.47. The van der Waals surface area contributed by atoms with Crippen LogP contribution in [-0.2, 0) is 6.54 Å². The highest BCUT2D eigenvalue weighted by molar-refractivity contribution is 6.02. The Morgan fingerprint density at radius 2 is 2.31 bits per heavy atom. The molecule has 1 aliphatic carbocycles. The van der Waals surface area contributed by atoms with E-state index in [1.165, 1.54) is 0 Å². The number of nitrogens with zero attached hydrogens (tertiary/aromatic N) is 2. The predicted octanol–water partition coefficient (Wildman–Crippen LogP) is 2.28. The van der Waals surface area contributed by atoms with Crippen LogP contribution >= 0.6 is 0 Å². The van der Waals surface area contributed by atoms with Gasteiger partial charge in [0.2, 0.25) is 0 Å². The number of Topliss-reactive ketones (excluding diaryl/α,β-unsaturated/α-hetero) is 1. The fourth-order valence-corrected chi connectivity index (χ4v) is 1.83. The molecule has 4 heteroatoms. The normalized spacial score (nSPS) is 17.2. The lowest BCUT2D eigenvalue weighted by Gasteiger charge is -2.11. The topological polar surface area (TPSA) is 44.1 Å². The van der Waals surface area contributed by atoms with E-state index in [4.69, 9.17) is 4.74 Å². The number of aryl methyl sites for hydroxylation is 1. The van der Waals surface area contributed by atoms with Gasteiger partial charge in [0, 0.05) is 12.0 Å². The second kappa shape index (κ2) is 3.92. The number of hydrogen-bond donors (Lipinski definition) is 0. The Morgan fingerprint density at radius 1 is 1.62 bits per heavy atom. The van der Waals surface area contributed by atoms with Gasteiger partial charge in [-0.3, -0.25) is 9.48 Å². The molecule has 1 heterocycles. The molecule has 0 radical (unpaired) electrons. The maximum absolute atomic E-state index is 12.3. The zero-order valence-electron chi connectivity index (χ0n) is 10.1. The van der Waals surface area contributed by atoms with Crippen LogP contribution in [0, 0.1) is 5.41 Å². The monoisotopic (exact) mass is 222 g/mol. The maximum Gasteiger partial charge on any atom is 0.190 e. The Morgan fingerprint density at radius 3 is 2.81 bits per heavy atom. The Balaban J connectivity index is 2.35. The van der Waals surface area contributed by atoms with E-state index >= 15 is 0 Å². The van der Waals surface area contributed by atoms with E-state index in [-0.39, 0.29) is 11.2 Å². The van der Waals surface area contributed by atoms with Crippen LogP contribution in [-0.4, -0.2) is 22.7 Å². The first-order valence-electron chi connectivity index (χ1n) is 5.77. The zero-order chi connectivity index (χ0) is 11.8. The van der Waals surface area contributed by atoms with Gasteiger partial charge in [-0.2, -0.15) is 5.10 Å². The highest BCUT2D eigenvalue weighted by Crippen LogP contribution is 2.48. The third-order valence-corrected chi connectivity index (χ3v) is 3.22. The van der Waals surface area contributed by atoms with Crippen LogP contribution in [0.25, 0.3) is 0 Å². The van der Waals surface area contributed by atoms with E-state index in [0.717, 1.165) is 25.8 Å². The summed E-state index contributed by atoms with van der Waals surface area (Å²) in [4.78, 5) is 12.3. The minimum absolute atomic E-state index is 0.168. The standard InChI is InChI=1S/C12H18N2O2/c1-4-7-14-10(9(16-3)8-13-14)11(15)12(2)5-6-12/h8H,4-7H2,1-3H3. The molecule has 0 spiro atoms. The fourth-order valence-electron chi connectivity index (χ4n) is 1.83. The number of aromatic nitrogens is 2. The average Bonchev–Trinajstić information content (AvgIpc) is 2.90. The molecule has 0 amide bonds. The fraction of sp³-hybridized carbons (Fsp3) is 0.667. The second-order valence-corrected chi connectivity index (χ2v) is 4.67. The molecule has 0 saturated heterocycles. The van der Waals surface area contributed by atoms with Crippen molar-refractivity contribution in [2.45, 2.75) is 39.7 Å². The number of rotatable bonds is 5. The summed E-state index contributed by atoms with van der Waals surface area (Å²) in [5, 5.41) is 4.21. The number of carbonyl (C=O) groups excluding carboxylic acids is 1. The molecule has 4 nitrogen and oxygen atoms in total. The molecule has 88 valence electrons. The summed E-state index contributed by atoms with van der Waals surface area (Å²) < 4.78 is 6.98. The summed E-state index contributed by atoms with van der Waals surface area (Å²) in [5.74, 6) is 0.780. The number of methoxy groups -OCH3 is 1. The summed E-state index contributed by atoms with van der Waals surface area (Å²) >= 11 is 0. The van der Waals surface area contributed by atoms with Crippen molar-refractivity contribution in [3.8, 4) is 5.75 Å². The first-order chi connectivity index (χ1) is 7.62. The van der Waals surface area contributed by atoms with Crippen molar-refractivity contribution in [1.29, 1.82) is 0 Å². The van der Waals surface area contributed by atoms with E-state index in [1.807, 2.05) is 6.92 Å². The molecule has 1 aromatic heterocycles. The lowest BCUT2D eigenvalue weighted by atomic mass is 10.0. The summed E-state index contributed by atoms with van der Waals surface area (Å²) in [5.41, 5.74) is 0.475. The van der Waals surface area contributed by atoms with Crippen LogP contribution in [0.1, 0.15) is 43.6 Å². The third-order valence-electron chi connectivity index (χ3n) is 3.22. The molecule has 0 N–H and O–H groups in total. The Bertz CT molecular complexity index is 405. The Kier molecular flexibility index (Phi) is 2.74. The van der Waals surface area contributed by atoms with Gasteiger partial charge in [0.1, 0.15) is 5.69 Å². The molecule has 1 aliphatic rings. The predicted molar refractivity (Wildman–Crippen MR) is 60.7 cm³/mol. The van der Waals surface area contributed by atoms with Gasteiger partial charge < -0.3 is 4.74 Å². The van der Waals surface area contributed by atoms with E-state index in [2.05, 4.69) is 12.0 Å². The number of ketones is 1. The van der Waals surface area contributed by atoms with Gasteiger partial charge in [0.05, 0.1) is 13.3 Å². The van der Waals surface area contributed by atoms with E-state index < -0.39 is 0 Å². The Hall–Kier alpha value is -1.32. The first kappa shape index (κ1) is 11.2. The summed E-state index contributed by atoms with van der Waals surface area (Å²) in [6, 6.07) is 0. The van der Waals surface area contributed by atoms with Gasteiger partial charge in [-0.05, 0) is 19.3 Å². The summed E-state index contributed by atoms with van der Waals surface area (Å²) in [6.07, 6.45) is 4.55. The van der Waals surface area contributed by atoms with Crippen molar-refractivity contribution in [3.05, 3.63) is 11.9 Å². The molecule has 1 aromatic rings. The molecule has 0 bridgehead atoms. The van der Waals surface area contributed by atoms with Gasteiger partial charge in [0.15, 0.2) is 11.5 Å². The van der Waals surface area contributed by atoms with Crippen LogP contribution in [0.3, 0.4) is 0 Å². The van der Waals surface area contributed by atoms with E-state index in [9.17, 15) is 4.79 Å². The minimum Gasteiger partial charge on any atom is -0.493 e. The summed E-state index contributed by atoms with van der Waals surface area (Å²) in [7, 11) is 1.58. The lowest BCUT2D eigenvalue weighted by Crippen LogP contribution is -2.18. The molecule has 0 aliphatic heterocycles. The van der Waals surface area contributed by atoms with Crippen molar-refractivity contribution < 1.29 is 9.53 Å². The van der Waals surface area contributed by atoms with Crippen LogP contribution < -0.4 is 4.74 Å². The zero-order valence-corrected chi connectivity index (χ0v) is 10.1. The van der Waals surface area contributed by atoms with Gasteiger partial charge >= 0.3 is 0 Å². The minimum atomic E-state index is -0.168. The van der Waals surface area contributed by atoms with Gasteiger partial charge in [-0.25, -0.2) is 0 Å². The molecular formula is C12H18N2O2. The van der Waals surface area contributed by atoms with Crippen molar-refractivity contribution >= 4 is 5.78 Å². The second-order valence-electron chi connectivity index (χ2n) is 4.67. The number of ether oxygens (including phenoxy) is 1. The molecule has 0 unspecified atom stereocenters. The molecule has 1 fully saturated rings. The number of carbonyl (C=O) groups is 1. The smallest absolute Gasteiger partial charge is 0.190 e. The average molecular weight is 222 g/mol. The summed E-state index contributed by atoms with van der Waals surface area (Å²) in [6.45, 7) is 4.85. The highest BCUT2D eigenvalue weighted by atomic mass is 16.5. The quantitative estimate of drug-likeness (QED) is 0.718. The SMILES string of the molecule is CCCn1ncc(OC)c1C(=O)C1(C)CC1. The first-order valence-corrected chi connectivity index (χ1v) is 5.77. The Labute approximate surface area is 95.6 Å². The maximum atomic E-state index is 12.3. The molecule has 1 saturated carbocycles. The van der Waals surface area contributed by atoms with Crippen LogP contribution in [0.2, 0.25) is 0 Å². The van der Waals surface area contributed by atoms with Crippen molar-refractivity contribution in [1.82, 2.24) is 9.78 Å². The van der Waals surface area contributed by atoms with Crippen molar-refractivity contribution in [3.63, 3.8) is 0 Å². The van der Waals surface area contributed by atoms with Gasteiger partial charge in [0.25, 0.3) is 0 Å². The van der Waals surface area contributed by atoms with Crippen LogP contribution in [0.15, 0.2) is 6.20 Å².